The number of nitrogen functional groups attached to an aromatic ring is 1. The molecule has 10 heteroatoms. The second kappa shape index (κ2) is 8.17. The highest BCUT2D eigenvalue weighted by atomic mass is 35.5. The van der Waals surface area contributed by atoms with E-state index in [1.807, 2.05) is 0 Å². The second-order valence-corrected chi connectivity index (χ2v) is 7.36. The summed E-state index contributed by atoms with van der Waals surface area (Å²) >= 11 is 5.93. The third kappa shape index (κ3) is 5.45. The van der Waals surface area contributed by atoms with Gasteiger partial charge in [0.25, 0.3) is 0 Å². The molecule has 0 saturated heterocycles. The van der Waals surface area contributed by atoms with Crippen LogP contribution in [0.4, 0.5) is 11.4 Å². The van der Waals surface area contributed by atoms with Crippen LogP contribution >= 0.6 is 11.6 Å². The number of amides is 2. The average molecular weight is 397 g/mol. The van der Waals surface area contributed by atoms with Crippen molar-refractivity contribution in [3.8, 4) is 0 Å². The molecule has 0 radical (unpaired) electrons. The zero-order valence-electron chi connectivity index (χ0n) is 13.5. The van der Waals surface area contributed by atoms with E-state index in [1.165, 1.54) is 24.3 Å². The normalized spacial score (nSPS) is 11.0. The van der Waals surface area contributed by atoms with Gasteiger partial charge in [0, 0.05) is 12.2 Å². The van der Waals surface area contributed by atoms with E-state index in [1.54, 1.807) is 18.2 Å². The SMILES string of the molecule is Nc1ccc(NC(=O)C(=O)NCCc2ccc(S(N)(=O)=O)cc2)c(Cl)c1. The molecular weight excluding hydrogens is 380 g/mol. The van der Waals surface area contributed by atoms with E-state index < -0.39 is 21.8 Å². The number of hydrogen-bond acceptors (Lipinski definition) is 5. The van der Waals surface area contributed by atoms with Crippen LogP contribution in [0.1, 0.15) is 5.56 Å². The number of carbonyl (C=O) groups excluding carboxylic acids is 2. The number of nitrogens with two attached hydrogens (primary N) is 2. The number of halogens is 1. The number of benzene rings is 2. The number of carbonyl (C=O) groups is 2. The first-order valence-corrected chi connectivity index (χ1v) is 9.35. The molecule has 2 aromatic rings. The third-order valence-corrected chi connectivity index (χ3v) is 4.64. The van der Waals surface area contributed by atoms with Crippen molar-refractivity contribution >= 4 is 44.8 Å². The molecule has 0 aromatic heterocycles. The molecule has 0 fully saturated rings. The molecule has 2 aromatic carbocycles. The van der Waals surface area contributed by atoms with Gasteiger partial charge in [-0.2, -0.15) is 0 Å². The second-order valence-electron chi connectivity index (χ2n) is 5.39. The quantitative estimate of drug-likeness (QED) is 0.437. The van der Waals surface area contributed by atoms with Crippen molar-refractivity contribution in [3.05, 3.63) is 53.1 Å². The Balaban J connectivity index is 1.85. The van der Waals surface area contributed by atoms with Crippen molar-refractivity contribution in [2.45, 2.75) is 11.3 Å². The van der Waals surface area contributed by atoms with E-state index in [-0.39, 0.29) is 22.2 Å². The van der Waals surface area contributed by atoms with Gasteiger partial charge in [0.2, 0.25) is 10.0 Å². The van der Waals surface area contributed by atoms with Gasteiger partial charge in [-0.3, -0.25) is 9.59 Å². The van der Waals surface area contributed by atoms with Crippen LogP contribution in [-0.2, 0) is 26.0 Å². The Labute approximate surface area is 155 Å². The first-order valence-electron chi connectivity index (χ1n) is 7.43. The Morgan fingerprint density at radius 2 is 1.69 bits per heavy atom. The Bertz CT molecular complexity index is 930. The zero-order chi connectivity index (χ0) is 19.3. The summed E-state index contributed by atoms with van der Waals surface area (Å²) in [6.45, 7) is 0.191. The van der Waals surface area contributed by atoms with E-state index in [9.17, 15) is 18.0 Å². The van der Waals surface area contributed by atoms with Crippen LogP contribution in [0.25, 0.3) is 0 Å². The molecule has 6 N–H and O–H groups in total. The van der Waals surface area contributed by atoms with Crippen LogP contribution < -0.4 is 21.5 Å². The van der Waals surface area contributed by atoms with Crippen LogP contribution in [0.15, 0.2) is 47.4 Å². The van der Waals surface area contributed by atoms with Crippen molar-refractivity contribution in [1.82, 2.24) is 5.32 Å². The number of anilines is 2. The molecular formula is C16H17ClN4O4S. The minimum Gasteiger partial charge on any atom is -0.399 e. The summed E-state index contributed by atoms with van der Waals surface area (Å²) in [4.78, 5) is 23.7. The fourth-order valence-corrected chi connectivity index (χ4v) is 2.81. The van der Waals surface area contributed by atoms with Gasteiger partial charge in [0.05, 0.1) is 15.6 Å². The van der Waals surface area contributed by atoms with Crippen LogP contribution in [0, 0.1) is 0 Å². The standard InChI is InChI=1S/C16H17ClN4O4S/c17-13-9-11(18)3-6-14(13)21-16(23)15(22)20-8-7-10-1-4-12(5-2-10)26(19,24)25/h1-6,9H,7-8,18H2,(H,20,22)(H,21,23)(H2,19,24,25). The monoisotopic (exact) mass is 396 g/mol. The lowest BCUT2D eigenvalue weighted by molar-refractivity contribution is -0.136. The molecule has 0 bridgehead atoms. The molecule has 0 aliphatic carbocycles. The molecule has 138 valence electrons. The van der Waals surface area contributed by atoms with Crippen molar-refractivity contribution < 1.29 is 18.0 Å². The first-order chi connectivity index (χ1) is 12.2. The number of nitrogens with one attached hydrogen (secondary N) is 2. The third-order valence-electron chi connectivity index (χ3n) is 3.40. The van der Waals surface area contributed by atoms with Crippen molar-refractivity contribution in [1.29, 1.82) is 0 Å². The molecule has 0 atom stereocenters. The fourth-order valence-electron chi connectivity index (χ4n) is 2.06. The summed E-state index contributed by atoms with van der Waals surface area (Å²) in [5, 5.41) is 10.1. The summed E-state index contributed by atoms with van der Waals surface area (Å²) in [7, 11) is -3.74. The van der Waals surface area contributed by atoms with E-state index in [0.717, 1.165) is 5.56 Å². The summed E-state index contributed by atoms with van der Waals surface area (Å²) in [6, 6.07) is 10.4. The van der Waals surface area contributed by atoms with E-state index >= 15 is 0 Å². The summed E-state index contributed by atoms with van der Waals surface area (Å²) < 4.78 is 22.4. The van der Waals surface area contributed by atoms with Gasteiger partial charge in [0.1, 0.15) is 0 Å². The number of primary sulfonamides is 1. The van der Waals surface area contributed by atoms with Crippen molar-refractivity contribution in [2.75, 3.05) is 17.6 Å². The predicted octanol–water partition coefficient (Wildman–Crippen LogP) is 0.867. The lowest BCUT2D eigenvalue weighted by Gasteiger charge is -2.08. The maximum Gasteiger partial charge on any atom is 0.313 e. The lowest BCUT2D eigenvalue weighted by Crippen LogP contribution is -2.36. The van der Waals surface area contributed by atoms with E-state index in [2.05, 4.69) is 10.6 Å². The average Bonchev–Trinajstić information content (AvgIpc) is 2.57. The van der Waals surface area contributed by atoms with Gasteiger partial charge in [-0.25, -0.2) is 13.6 Å². The minimum absolute atomic E-state index is 0.00467. The molecule has 0 spiro atoms. The molecule has 0 aliphatic heterocycles. The number of rotatable bonds is 5. The van der Waals surface area contributed by atoms with Crippen molar-refractivity contribution in [3.63, 3.8) is 0 Å². The van der Waals surface area contributed by atoms with Gasteiger partial charge in [0.15, 0.2) is 0 Å². The van der Waals surface area contributed by atoms with Crippen LogP contribution in [0.3, 0.4) is 0 Å². The molecule has 2 amide bonds. The molecule has 2 rings (SSSR count). The van der Waals surface area contributed by atoms with Gasteiger partial charge in [-0.15, -0.1) is 0 Å². The van der Waals surface area contributed by atoms with Crippen LogP contribution in [0.5, 0.6) is 0 Å². The Morgan fingerprint density at radius 1 is 1.04 bits per heavy atom. The minimum atomic E-state index is -3.74. The summed E-state index contributed by atoms with van der Waals surface area (Å²) in [5.41, 5.74) is 7.05. The molecule has 0 heterocycles. The highest BCUT2D eigenvalue weighted by molar-refractivity contribution is 7.89. The summed E-state index contributed by atoms with van der Waals surface area (Å²) in [5.74, 6) is -1.68. The highest BCUT2D eigenvalue weighted by Gasteiger charge is 2.15. The highest BCUT2D eigenvalue weighted by Crippen LogP contribution is 2.23. The lowest BCUT2D eigenvalue weighted by atomic mass is 10.1. The zero-order valence-corrected chi connectivity index (χ0v) is 15.1. The van der Waals surface area contributed by atoms with Gasteiger partial charge in [-0.1, -0.05) is 23.7 Å². The van der Waals surface area contributed by atoms with Gasteiger partial charge < -0.3 is 16.4 Å². The maximum atomic E-state index is 11.9. The summed E-state index contributed by atoms with van der Waals surface area (Å²) in [6.07, 6.45) is 0.409. The topological polar surface area (TPSA) is 144 Å². The predicted molar refractivity (Wildman–Crippen MR) is 99.0 cm³/mol. The maximum absolute atomic E-state index is 11.9. The fraction of sp³-hybridized carbons (Fsp3) is 0.125. The molecule has 8 nitrogen and oxygen atoms in total. The van der Waals surface area contributed by atoms with Crippen LogP contribution in [-0.4, -0.2) is 26.8 Å². The largest absolute Gasteiger partial charge is 0.399 e. The first kappa shape index (κ1) is 19.7. The molecule has 0 aliphatic rings. The molecule has 0 saturated carbocycles. The number of hydrogen-bond donors (Lipinski definition) is 4. The Hall–Kier alpha value is -2.62. The van der Waals surface area contributed by atoms with E-state index in [0.29, 0.717) is 12.1 Å². The molecule has 0 unspecified atom stereocenters. The van der Waals surface area contributed by atoms with Crippen molar-refractivity contribution in [2.24, 2.45) is 5.14 Å². The van der Waals surface area contributed by atoms with Gasteiger partial charge in [-0.05, 0) is 42.3 Å². The smallest absolute Gasteiger partial charge is 0.313 e. The Kier molecular flexibility index (Phi) is 6.19. The Morgan fingerprint density at radius 3 is 2.27 bits per heavy atom. The van der Waals surface area contributed by atoms with E-state index in [4.69, 9.17) is 22.5 Å². The number of sulfonamides is 1. The van der Waals surface area contributed by atoms with Gasteiger partial charge >= 0.3 is 11.8 Å². The van der Waals surface area contributed by atoms with Crippen LogP contribution in [0.2, 0.25) is 5.02 Å². The molecule has 26 heavy (non-hydrogen) atoms.